The maximum absolute atomic E-state index is 12.8. The normalized spacial score (nSPS) is 13.8. The van der Waals surface area contributed by atoms with E-state index in [1.54, 1.807) is 34.0 Å². The summed E-state index contributed by atoms with van der Waals surface area (Å²) < 4.78 is 1.70. The number of anilines is 2. The Bertz CT molecular complexity index is 1040. The summed E-state index contributed by atoms with van der Waals surface area (Å²) in [7, 11) is 0. The Morgan fingerprint density at radius 3 is 2.64 bits per heavy atom. The van der Waals surface area contributed by atoms with Gasteiger partial charge in [0, 0.05) is 29.4 Å². The van der Waals surface area contributed by atoms with Gasteiger partial charge in [-0.25, -0.2) is 4.68 Å². The van der Waals surface area contributed by atoms with E-state index < -0.39 is 0 Å². The standard InChI is InChI=1S/C21H19ClN4O2/c1-14-19(13-23-26(14)17-9-7-15(22)8-10-17)21(28)24-16-4-2-5-18(12-16)25-11-3-6-20(25)27/h2,4-5,7-10,12-13H,3,6,11H2,1H3,(H,24,28). The maximum Gasteiger partial charge on any atom is 0.259 e. The van der Waals surface area contributed by atoms with Gasteiger partial charge in [0.05, 0.1) is 23.1 Å². The summed E-state index contributed by atoms with van der Waals surface area (Å²) in [5.41, 5.74) is 3.48. The van der Waals surface area contributed by atoms with Crippen LogP contribution in [0.15, 0.2) is 54.7 Å². The van der Waals surface area contributed by atoms with Crippen molar-refractivity contribution in [3.05, 3.63) is 71.0 Å². The first kappa shape index (κ1) is 18.3. The van der Waals surface area contributed by atoms with E-state index in [9.17, 15) is 9.59 Å². The van der Waals surface area contributed by atoms with Crippen molar-refractivity contribution in [2.45, 2.75) is 19.8 Å². The summed E-state index contributed by atoms with van der Waals surface area (Å²) in [5, 5.41) is 7.87. The second-order valence-electron chi connectivity index (χ2n) is 6.69. The number of amides is 2. The Labute approximate surface area is 167 Å². The molecule has 2 heterocycles. The molecule has 0 saturated carbocycles. The van der Waals surface area contributed by atoms with Crippen LogP contribution in [-0.2, 0) is 4.79 Å². The highest BCUT2D eigenvalue weighted by Crippen LogP contribution is 2.25. The fraction of sp³-hybridized carbons (Fsp3) is 0.190. The summed E-state index contributed by atoms with van der Waals surface area (Å²) in [6, 6.07) is 14.6. The Balaban J connectivity index is 1.55. The van der Waals surface area contributed by atoms with Gasteiger partial charge < -0.3 is 10.2 Å². The number of carbonyl (C=O) groups is 2. The number of halogens is 1. The Morgan fingerprint density at radius 1 is 1.14 bits per heavy atom. The minimum atomic E-state index is -0.248. The van der Waals surface area contributed by atoms with Crippen molar-refractivity contribution in [1.82, 2.24) is 9.78 Å². The topological polar surface area (TPSA) is 67.2 Å². The highest BCUT2D eigenvalue weighted by molar-refractivity contribution is 6.30. The molecule has 28 heavy (non-hydrogen) atoms. The zero-order valence-corrected chi connectivity index (χ0v) is 16.1. The third-order valence-corrected chi connectivity index (χ3v) is 5.07. The molecule has 1 aromatic heterocycles. The van der Waals surface area contributed by atoms with Crippen LogP contribution in [0.5, 0.6) is 0 Å². The lowest BCUT2D eigenvalue weighted by molar-refractivity contribution is -0.117. The molecule has 1 fully saturated rings. The summed E-state index contributed by atoms with van der Waals surface area (Å²) in [4.78, 5) is 26.5. The minimum absolute atomic E-state index is 0.114. The van der Waals surface area contributed by atoms with Gasteiger partial charge in [-0.1, -0.05) is 17.7 Å². The van der Waals surface area contributed by atoms with Crippen molar-refractivity contribution in [2.75, 3.05) is 16.8 Å². The van der Waals surface area contributed by atoms with Crippen LogP contribution in [0, 0.1) is 6.92 Å². The average Bonchev–Trinajstić information content (AvgIpc) is 3.28. The van der Waals surface area contributed by atoms with Crippen molar-refractivity contribution in [2.24, 2.45) is 0 Å². The van der Waals surface area contributed by atoms with Crippen LogP contribution in [0.4, 0.5) is 11.4 Å². The largest absolute Gasteiger partial charge is 0.322 e. The van der Waals surface area contributed by atoms with Gasteiger partial charge in [-0.05, 0) is 55.8 Å². The molecule has 0 unspecified atom stereocenters. The number of carbonyl (C=O) groups excluding carboxylic acids is 2. The molecule has 7 heteroatoms. The molecule has 1 aliphatic rings. The molecular weight excluding hydrogens is 376 g/mol. The maximum atomic E-state index is 12.8. The summed E-state index contributed by atoms with van der Waals surface area (Å²) in [6.07, 6.45) is 2.98. The van der Waals surface area contributed by atoms with Gasteiger partial charge in [0.15, 0.2) is 0 Å². The second-order valence-corrected chi connectivity index (χ2v) is 7.12. The van der Waals surface area contributed by atoms with Gasteiger partial charge in [-0.3, -0.25) is 9.59 Å². The van der Waals surface area contributed by atoms with Crippen LogP contribution in [0.25, 0.3) is 5.69 Å². The van der Waals surface area contributed by atoms with Crippen LogP contribution >= 0.6 is 11.6 Å². The average molecular weight is 395 g/mol. The van der Waals surface area contributed by atoms with Crippen molar-refractivity contribution < 1.29 is 9.59 Å². The molecule has 4 rings (SSSR count). The van der Waals surface area contributed by atoms with Crippen LogP contribution in [0.3, 0.4) is 0 Å². The first-order chi connectivity index (χ1) is 13.5. The molecule has 2 aromatic carbocycles. The molecule has 1 saturated heterocycles. The minimum Gasteiger partial charge on any atom is -0.322 e. The third-order valence-electron chi connectivity index (χ3n) is 4.81. The van der Waals surface area contributed by atoms with Crippen LogP contribution in [-0.4, -0.2) is 28.1 Å². The number of nitrogens with zero attached hydrogens (tertiary/aromatic N) is 3. The number of hydrogen-bond donors (Lipinski definition) is 1. The quantitative estimate of drug-likeness (QED) is 0.720. The monoisotopic (exact) mass is 394 g/mol. The number of rotatable bonds is 4. The van der Waals surface area contributed by atoms with Crippen LogP contribution < -0.4 is 10.2 Å². The number of hydrogen-bond acceptors (Lipinski definition) is 3. The van der Waals surface area contributed by atoms with Crippen molar-refractivity contribution in [1.29, 1.82) is 0 Å². The van der Waals surface area contributed by atoms with E-state index in [1.165, 1.54) is 0 Å². The lowest BCUT2D eigenvalue weighted by Gasteiger charge is -2.16. The smallest absolute Gasteiger partial charge is 0.259 e. The van der Waals surface area contributed by atoms with Crippen molar-refractivity contribution in [3.8, 4) is 5.69 Å². The van der Waals surface area contributed by atoms with Crippen molar-refractivity contribution >= 4 is 34.8 Å². The van der Waals surface area contributed by atoms with Crippen LogP contribution in [0.2, 0.25) is 5.02 Å². The fourth-order valence-electron chi connectivity index (χ4n) is 3.35. The molecule has 0 bridgehead atoms. The first-order valence-electron chi connectivity index (χ1n) is 9.05. The number of aromatic nitrogens is 2. The van der Waals surface area contributed by atoms with E-state index in [0.29, 0.717) is 29.2 Å². The highest BCUT2D eigenvalue weighted by atomic mass is 35.5. The Morgan fingerprint density at radius 2 is 1.93 bits per heavy atom. The van der Waals surface area contributed by atoms with E-state index in [2.05, 4.69) is 10.4 Å². The molecule has 6 nitrogen and oxygen atoms in total. The molecule has 0 aliphatic carbocycles. The zero-order chi connectivity index (χ0) is 19.7. The Kier molecular flexibility index (Phi) is 4.88. The molecule has 3 aromatic rings. The molecular formula is C21H19ClN4O2. The summed E-state index contributed by atoms with van der Waals surface area (Å²) in [5.74, 6) is -0.133. The first-order valence-corrected chi connectivity index (χ1v) is 9.43. The molecule has 2 amide bonds. The van der Waals surface area contributed by atoms with E-state index in [1.807, 2.05) is 37.3 Å². The molecule has 0 radical (unpaired) electrons. The van der Waals surface area contributed by atoms with E-state index in [4.69, 9.17) is 11.6 Å². The van der Waals surface area contributed by atoms with E-state index in [0.717, 1.165) is 23.5 Å². The molecule has 1 aliphatic heterocycles. The molecule has 142 valence electrons. The van der Waals surface area contributed by atoms with Gasteiger partial charge in [-0.15, -0.1) is 0 Å². The third kappa shape index (κ3) is 3.51. The lowest BCUT2D eigenvalue weighted by Crippen LogP contribution is -2.23. The predicted octanol–water partition coefficient (Wildman–Crippen LogP) is 4.21. The second kappa shape index (κ2) is 7.48. The predicted molar refractivity (Wildman–Crippen MR) is 109 cm³/mol. The molecule has 1 N–H and O–H groups in total. The Hall–Kier alpha value is -3.12. The van der Waals surface area contributed by atoms with E-state index in [-0.39, 0.29) is 11.8 Å². The van der Waals surface area contributed by atoms with E-state index >= 15 is 0 Å². The van der Waals surface area contributed by atoms with Crippen molar-refractivity contribution in [3.63, 3.8) is 0 Å². The molecule has 0 spiro atoms. The van der Waals surface area contributed by atoms with Gasteiger partial charge in [-0.2, -0.15) is 5.10 Å². The van der Waals surface area contributed by atoms with Gasteiger partial charge in [0.2, 0.25) is 5.91 Å². The number of nitrogens with one attached hydrogen (secondary N) is 1. The van der Waals surface area contributed by atoms with Crippen LogP contribution in [0.1, 0.15) is 28.9 Å². The zero-order valence-electron chi connectivity index (χ0n) is 15.4. The highest BCUT2D eigenvalue weighted by Gasteiger charge is 2.22. The van der Waals surface area contributed by atoms with Gasteiger partial charge in [0.25, 0.3) is 5.91 Å². The summed E-state index contributed by atoms with van der Waals surface area (Å²) >= 11 is 5.94. The molecule has 0 atom stereocenters. The van der Waals surface area contributed by atoms with Gasteiger partial charge >= 0.3 is 0 Å². The fourth-order valence-corrected chi connectivity index (χ4v) is 3.47. The SMILES string of the molecule is Cc1c(C(=O)Nc2cccc(N3CCCC3=O)c2)cnn1-c1ccc(Cl)cc1. The lowest BCUT2D eigenvalue weighted by atomic mass is 10.2. The van der Waals surface area contributed by atoms with Gasteiger partial charge in [0.1, 0.15) is 0 Å². The number of benzene rings is 2. The summed E-state index contributed by atoms with van der Waals surface area (Å²) in [6.45, 7) is 2.55.